The number of benzene rings is 3. The van der Waals surface area contributed by atoms with Gasteiger partial charge in [0, 0.05) is 0 Å². The Morgan fingerprint density at radius 1 is 0.429 bits per heavy atom. The van der Waals surface area contributed by atoms with Crippen LogP contribution in [0.5, 0.6) is 17.2 Å². The number of hydrogen-bond donors (Lipinski definition) is 0. The molecule has 0 aromatic heterocycles. The largest absolute Gasteiger partial charge is 3.00 e. The first-order valence-corrected chi connectivity index (χ1v) is 9.26. The molecule has 0 unspecified atom stereocenters. The fraction of sp³-hybridized carbons (Fsp3) is 0.250. The first-order chi connectivity index (χ1) is 13.0. The molecule has 0 aliphatic carbocycles. The third-order valence-electron chi connectivity index (χ3n) is 3.99. The maximum Gasteiger partial charge on any atom is 3.00 e. The van der Waals surface area contributed by atoms with Crippen molar-refractivity contribution in [1.29, 1.82) is 0 Å². The molecule has 4 heteroatoms. The van der Waals surface area contributed by atoms with E-state index in [0.29, 0.717) is 0 Å². The second-order valence-corrected chi connectivity index (χ2v) is 5.99. The third kappa shape index (κ3) is 10.7. The van der Waals surface area contributed by atoms with E-state index in [1.54, 1.807) is 36.4 Å². The van der Waals surface area contributed by atoms with E-state index in [1.807, 2.05) is 36.4 Å². The van der Waals surface area contributed by atoms with Gasteiger partial charge in [0.15, 0.2) is 0 Å². The van der Waals surface area contributed by atoms with Crippen LogP contribution in [-0.2, 0) is 19.3 Å². The molecule has 3 nitrogen and oxygen atoms in total. The summed E-state index contributed by atoms with van der Waals surface area (Å²) in [6.07, 6.45) is 3.00. The van der Waals surface area contributed by atoms with Gasteiger partial charge in [-0.3, -0.25) is 0 Å². The Hall–Kier alpha value is -2.41. The third-order valence-corrected chi connectivity index (χ3v) is 3.99. The van der Waals surface area contributed by atoms with Crippen LogP contribution in [0.3, 0.4) is 0 Å². The number of rotatable bonds is 3. The van der Waals surface area contributed by atoms with Gasteiger partial charge in [-0.1, -0.05) is 93.6 Å². The summed E-state index contributed by atoms with van der Waals surface area (Å²) in [5, 5.41) is 31.6. The molecule has 0 atom stereocenters. The zero-order valence-electron chi connectivity index (χ0n) is 16.9. The van der Waals surface area contributed by atoms with Crippen LogP contribution in [0, 0.1) is 0 Å². The van der Waals surface area contributed by atoms with E-state index >= 15 is 0 Å². The van der Waals surface area contributed by atoms with Crippen LogP contribution in [0.25, 0.3) is 0 Å². The van der Waals surface area contributed by atoms with Gasteiger partial charge in [0.05, 0.1) is 0 Å². The van der Waals surface area contributed by atoms with Gasteiger partial charge >= 0.3 is 17.4 Å². The Morgan fingerprint density at radius 3 is 0.750 bits per heavy atom. The van der Waals surface area contributed by atoms with Crippen molar-refractivity contribution in [2.24, 2.45) is 0 Å². The molecule has 0 amide bonds. The fourth-order valence-corrected chi connectivity index (χ4v) is 2.18. The Balaban J connectivity index is 0.000000384. The SMILES string of the molecule is CCc1ccc([O-])cc1.CCc1ccc([O-])cc1.CCc1ccc([O-])cc1.[Al+3]. The zero-order chi connectivity index (χ0) is 20.1. The minimum atomic E-state index is 0. The van der Waals surface area contributed by atoms with Gasteiger partial charge < -0.3 is 15.3 Å². The number of aryl methyl sites for hydroxylation is 3. The minimum absolute atomic E-state index is 0. The molecule has 0 saturated carbocycles. The van der Waals surface area contributed by atoms with Crippen molar-refractivity contribution in [3.63, 3.8) is 0 Å². The summed E-state index contributed by atoms with van der Waals surface area (Å²) in [4.78, 5) is 0. The summed E-state index contributed by atoms with van der Waals surface area (Å²) in [5.74, 6) is 0.270. The summed E-state index contributed by atoms with van der Waals surface area (Å²) in [5.41, 5.74) is 3.65. The molecule has 0 aliphatic heterocycles. The molecule has 0 saturated heterocycles. The molecular formula is C24H27AlO3. The van der Waals surface area contributed by atoms with Gasteiger partial charge in [0.1, 0.15) is 0 Å². The predicted molar refractivity (Wildman–Crippen MR) is 112 cm³/mol. The van der Waals surface area contributed by atoms with Gasteiger partial charge in [-0.05, 0) is 36.0 Å². The Labute approximate surface area is 179 Å². The Morgan fingerprint density at radius 2 is 0.607 bits per heavy atom. The molecular weight excluding hydrogens is 363 g/mol. The topological polar surface area (TPSA) is 69.2 Å². The molecule has 144 valence electrons. The molecule has 3 aromatic rings. The molecule has 28 heavy (non-hydrogen) atoms. The normalized spacial score (nSPS) is 9.11. The summed E-state index contributed by atoms with van der Waals surface area (Å²) >= 11 is 0. The van der Waals surface area contributed by atoms with E-state index in [1.165, 1.54) is 16.7 Å². The van der Waals surface area contributed by atoms with Crippen molar-refractivity contribution < 1.29 is 15.3 Å². The van der Waals surface area contributed by atoms with E-state index < -0.39 is 0 Å². The standard InChI is InChI=1S/3C8H10O.Al/c3*1-2-7-3-5-8(9)6-4-7;/h3*3-6,9H,2H2,1H3;/q;;;+3/p-3. The van der Waals surface area contributed by atoms with E-state index in [9.17, 15) is 15.3 Å². The molecule has 3 rings (SSSR count). The number of hydrogen-bond acceptors (Lipinski definition) is 3. The zero-order valence-corrected chi connectivity index (χ0v) is 18.0. The van der Waals surface area contributed by atoms with Crippen molar-refractivity contribution in [3.05, 3.63) is 89.5 Å². The van der Waals surface area contributed by atoms with Gasteiger partial charge in [-0.2, -0.15) is 0 Å². The maximum absolute atomic E-state index is 10.5. The molecule has 0 spiro atoms. The van der Waals surface area contributed by atoms with Crippen molar-refractivity contribution >= 4 is 17.4 Å². The monoisotopic (exact) mass is 390 g/mol. The Kier molecular flexibility index (Phi) is 13.4. The van der Waals surface area contributed by atoms with Gasteiger partial charge in [-0.25, -0.2) is 0 Å². The van der Waals surface area contributed by atoms with Crippen LogP contribution in [0.2, 0.25) is 0 Å². The van der Waals surface area contributed by atoms with Crippen LogP contribution in [0.1, 0.15) is 37.5 Å². The first-order valence-electron chi connectivity index (χ1n) is 9.26. The molecule has 0 aliphatic rings. The van der Waals surface area contributed by atoms with Gasteiger partial charge in [0.25, 0.3) is 0 Å². The van der Waals surface area contributed by atoms with Gasteiger partial charge in [0.2, 0.25) is 0 Å². The van der Waals surface area contributed by atoms with Crippen LogP contribution in [0.4, 0.5) is 0 Å². The van der Waals surface area contributed by atoms with E-state index in [-0.39, 0.29) is 34.6 Å². The van der Waals surface area contributed by atoms with Crippen LogP contribution < -0.4 is 15.3 Å². The molecule has 0 heterocycles. The minimum Gasteiger partial charge on any atom is -0.872 e. The molecule has 0 N–H and O–H groups in total. The van der Waals surface area contributed by atoms with E-state index in [0.717, 1.165) is 19.3 Å². The van der Waals surface area contributed by atoms with E-state index in [4.69, 9.17) is 0 Å². The quantitative estimate of drug-likeness (QED) is 0.642. The molecule has 0 fully saturated rings. The van der Waals surface area contributed by atoms with Crippen molar-refractivity contribution in [2.75, 3.05) is 0 Å². The van der Waals surface area contributed by atoms with Gasteiger partial charge in [-0.15, -0.1) is 17.2 Å². The van der Waals surface area contributed by atoms with Crippen molar-refractivity contribution in [3.8, 4) is 17.2 Å². The van der Waals surface area contributed by atoms with Crippen molar-refractivity contribution in [1.82, 2.24) is 0 Å². The molecule has 0 radical (unpaired) electrons. The average Bonchev–Trinajstić information content (AvgIpc) is 2.71. The maximum atomic E-state index is 10.5. The predicted octanol–water partition coefficient (Wildman–Crippen LogP) is 3.59. The van der Waals surface area contributed by atoms with Crippen LogP contribution >= 0.6 is 0 Å². The second-order valence-electron chi connectivity index (χ2n) is 5.99. The fourth-order valence-electron chi connectivity index (χ4n) is 2.18. The van der Waals surface area contributed by atoms with E-state index in [2.05, 4.69) is 20.8 Å². The second kappa shape index (κ2) is 14.6. The molecule has 3 aromatic carbocycles. The summed E-state index contributed by atoms with van der Waals surface area (Å²) < 4.78 is 0. The van der Waals surface area contributed by atoms with Crippen LogP contribution in [-0.4, -0.2) is 17.4 Å². The summed E-state index contributed by atoms with van der Waals surface area (Å²) in [6, 6.07) is 20.8. The average molecular weight is 390 g/mol. The van der Waals surface area contributed by atoms with Crippen LogP contribution in [0.15, 0.2) is 72.8 Å². The smallest absolute Gasteiger partial charge is 0.872 e. The molecule has 0 bridgehead atoms. The summed E-state index contributed by atoms with van der Waals surface area (Å²) in [7, 11) is 0. The summed E-state index contributed by atoms with van der Waals surface area (Å²) in [6.45, 7) is 6.21. The Bertz CT molecular complexity index is 643. The van der Waals surface area contributed by atoms with Crippen molar-refractivity contribution in [2.45, 2.75) is 40.0 Å². The first kappa shape index (κ1) is 25.6.